The minimum atomic E-state index is -0.111. The van der Waals surface area contributed by atoms with Gasteiger partial charge in [-0.05, 0) is 69.0 Å². The van der Waals surface area contributed by atoms with Crippen molar-refractivity contribution in [3.63, 3.8) is 0 Å². The molecule has 1 atom stereocenters. The van der Waals surface area contributed by atoms with Crippen molar-refractivity contribution in [1.82, 2.24) is 19.8 Å². The maximum absolute atomic E-state index is 13.1. The highest BCUT2D eigenvalue weighted by Crippen LogP contribution is 2.21. The molecular weight excluding hydrogens is 416 g/mol. The van der Waals surface area contributed by atoms with Crippen LogP contribution in [0.1, 0.15) is 48.8 Å². The lowest BCUT2D eigenvalue weighted by Gasteiger charge is -2.33. The van der Waals surface area contributed by atoms with Gasteiger partial charge in [0.25, 0.3) is 5.91 Å². The van der Waals surface area contributed by atoms with Crippen molar-refractivity contribution in [3.8, 4) is 5.75 Å². The fraction of sp³-hybridized carbons (Fsp3) is 0.423. The highest BCUT2D eigenvalue weighted by atomic mass is 16.5. The maximum atomic E-state index is 13.1. The van der Waals surface area contributed by atoms with E-state index < -0.39 is 0 Å². The molecule has 33 heavy (non-hydrogen) atoms. The van der Waals surface area contributed by atoms with Gasteiger partial charge in [0.1, 0.15) is 18.1 Å². The zero-order chi connectivity index (χ0) is 23.2. The molecule has 174 valence electrons. The number of piperidine rings is 1. The first kappa shape index (κ1) is 22.8. The molecule has 2 heterocycles. The Bertz CT molecular complexity index is 1110. The van der Waals surface area contributed by atoms with Gasteiger partial charge in [0.15, 0.2) is 0 Å². The SMILES string of the molecule is COc1ccc(C(=O)NCCCc2nc3ccccc3n2CC(=O)N2CCCCC2C)cc1. The average molecular weight is 449 g/mol. The van der Waals surface area contributed by atoms with Gasteiger partial charge in [0, 0.05) is 31.1 Å². The molecule has 7 heteroatoms. The summed E-state index contributed by atoms with van der Waals surface area (Å²) in [5.74, 6) is 1.65. The van der Waals surface area contributed by atoms with E-state index in [1.54, 1.807) is 31.4 Å². The molecule has 1 saturated heterocycles. The van der Waals surface area contributed by atoms with E-state index in [0.717, 1.165) is 48.4 Å². The van der Waals surface area contributed by atoms with Crippen molar-refractivity contribution < 1.29 is 14.3 Å². The monoisotopic (exact) mass is 448 g/mol. The number of benzene rings is 2. The molecule has 3 aromatic rings. The van der Waals surface area contributed by atoms with Gasteiger partial charge in [-0.3, -0.25) is 9.59 Å². The Hall–Kier alpha value is -3.35. The summed E-state index contributed by atoms with van der Waals surface area (Å²) < 4.78 is 7.18. The number of imidazole rings is 1. The van der Waals surface area contributed by atoms with Crippen molar-refractivity contribution in [1.29, 1.82) is 0 Å². The third-order valence-corrected chi connectivity index (χ3v) is 6.37. The molecule has 0 aliphatic carbocycles. The summed E-state index contributed by atoms with van der Waals surface area (Å²) in [6.07, 6.45) is 4.74. The van der Waals surface area contributed by atoms with E-state index in [1.165, 1.54) is 6.42 Å². The lowest BCUT2D eigenvalue weighted by molar-refractivity contribution is -0.135. The van der Waals surface area contributed by atoms with Crippen LogP contribution in [0.15, 0.2) is 48.5 Å². The largest absolute Gasteiger partial charge is 0.497 e. The van der Waals surface area contributed by atoms with Crippen molar-refractivity contribution in [3.05, 3.63) is 59.9 Å². The van der Waals surface area contributed by atoms with Crippen LogP contribution in [0, 0.1) is 0 Å². The Kier molecular flexibility index (Phi) is 7.27. The number of nitrogens with one attached hydrogen (secondary N) is 1. The van der Waals surface area contributed by atoms with Gasteiger partial charge in [-0.2, -0.15) is 0 Å². The molecule has 1 fully saturated rings. The molecule has 7 nitrogen and oxygen atoms in total. The number of rotatable bonds is 8. The maximum Gasteiger partial charge on any atom is 0.251 e. The molecule has 1 N–H and O–H groups in total. The van der Waals surface area contributed by atoms with Crippen molar-refractivity contribution in [2.45, 2.75) is 51.6 Å². The van der Waals surface area contributed by atoms with Crippen molar-refractivity contribution >= 4 is 22.8 Å². The fourth-order valence-electron chi connectivity index (χ4n) is 4.48. The molecule has 0 spiro atoms. The Morgan fingerprint density at radius 3 is 2.67 bits per heavy atom. The third-order valence-electron chi connectivity index (χ3n) is 6.37. The van der Waals surface area contributed by atoms with E-state index in [-0.39, 0.29) is 17.9 Å². The highest BCUT2D eigenvalue weighted by molar-refractivity contribution is 5.94. The van der Waals surface area contributed by atoms with Crippen LogP contribution in [-0.2, 0) is 17.8 Å². The van der Waals surface area contributed by atoms with Crippen LogP contribution in [0.2, 0.25) is 0 Å². The quantitative estimate of drug-likeness (QED) is 0.532. The number of nitrogens with zero attached hydrogens (tertiary/aromatic N) is 3. The predicted octanol–water partition coefficient (Wildman–Crippen LogP) is 3.81. The van der Waals surface area contributed by atoms with E-state index in [1.807, 2.05) is 33.7 Å². The summed E-state index contributed by atoms with van der Waals surface area (Å²) in [4.78, 5) is 32.3. The average Bonchev–Trinajstić information content (AvgIpc) is 3.19. The lowest BCUT2D eigenvalue weighted by atomic mass is 10.0. The zero-order valence-corrected chi connectivity index (χ0v) is 19.4. The number of para-hydroxylation sites is 2. The minimum absolute atomic E-state index is 0.111. The number of carbonyl (C=O) groups is 2. The van der Waals surface area contributed by atoms with Crippen LogP contribution in [0.3, 0.4) is 0 Å². The topological polar surface area (TPSA) is 76.5 Å². The van der Waals surface area contributed by atoms with Crippen LogP contribution < -0.4 is 10.1 Å². The standard InChI is InChI=1S/C26H32N4O3/c1-19-8-5-6-17-29(19)25(31)18-30-23-10-4-3-9-22(23)28-24(30)11-7-16-27-26(32)20-12-14-21(33-2)15-13-20/h3-4,9-10,12-15,19H,5-8,11,16-18H2,1-2H3,(H,27,32). The number of ether oxygens (including phenoxy) is 1. The van der Waals surface area contributed by atoms with Gasteiger partial charge >= 0.3 is 0 Å². The van der Waals surface area contributed by atoms with Crippen LogP contribution in [0.4, 0.5) is 0 Å². The first-order valence-electron chi connectivity index (χ1n) is 11.7. The Balaban J connectivity index is 1.39. The van der Waals surface area contributed by atoms with Gasteiger partial charge in [0.2, 0.25) is 5.91 Å². The Morgan fingerprint density at radius 2 is 1.91 bits per heavy atom. The van der Waals surface area contributed by atoms with E-state index in [9.17, 15) is 9.59 Å². The second-order valence-electron chi connectivity index (χ2n) is 8.62. The number of methoxy groups -OCH3 is 1. The number of likely N-dealkylation sites (tertiary alicyclic amines) is 1. The van der Waals surface area contributed by atoms with Crippen molar-refractivity contribution in [2.75, 3.05) is 20.2 Å². The molecule has 2 aromatic carbocycles. The normalized spacial score (nSPS) is 16.1. The number of fused-ring (bicyclic) bond motifs is 1. The third kappa shape index (κ3) is 5.35. The molecule has 4 rings (SSSR count). The van der Waals surface area contributed by atoms with E-state index >= 15 is 0 Å². The number of hydrogen-bond donors (Lipinski definition) is 1. The fourth-order valence-corrected chi connectivity index (χ4v) is 4.48. The summed E-state index contributed by atoms with van der Waals surface area (Å²) >= 11 is 0. The number of hydrogen-bond acceptors (Lipinski definition) is 4. The van der Waals surface area contributed by atoms with E-state index in [0.29, 0.717) is 25.1 Å². The van der Waals surface area contributed by atoms with Gasteiger partial charge in [-0.25, -0.2) is 4.98 Å². The number of carbonyl (C=O) groups excluding carboxylic acids is 2. The summed E-state index contributed by atoms with van der Waals surface area (Å²) in [5.41, 5.74) is 2.48. The minimum Gasteiger partial charge on any atom is -0.497 e. The first-order chi connectivity index (χ1) is 16.1. The molecule has 0 radical (unpaired) electrons. The Labute approximate surface area is 194 Å². The van der Waals surface area contributed by atoms with E-state index in [2.05, 4.69) is 12.2 Å². The summed E-state index contributed by atoms with van der Waals surface area (Å²) in [7, 11) is 1.60. The van der Waals surface area contributed by atoms with E-state index in [4.69, 9.17) is 9.72 Å². The van der Waals surface area contributed by atoms with Crippen LogP contribution in [0.25, 0.3) is 11.0 Å². The Morgan fingerprint density at radius 1 is 1.12 bits per heavy atom. The summed E-state index contributed by atoms with van der Waals surface area (Å²) in [5, 5.41) is 2.97. The first-order valence-corrected chi connectivity index (χ1v) is 11.7. The molecule has 0 bridgehead atoms. The second-order valence-corrected chi connectivity index (χ2v) is 8.62. The van der Waals surface area contributed by atoms with Crippen LogP contribution in [-0.4, -0.2) is 52.5 Å². The van der Waals surface area contributed by atoms with Gasteiger partial charge < -0.3 is 19.5 Å². The molecular formula is C26H32N4O3. The lowest BCUT2D eigenvalue weighted by Crippen LogP contribution is -2.43. The number of aromatic nitrogens is 2. The molecule has 2 amide bonds. The van der Waals surface area contributed by atoms with Crippen molar-refractivity contribution in [2.24, 2.45) is 0 Å². The van der Waals surface area contributed by atoms with Gasteiger partial charge in [0.05, 0.1) is 18.1 Å². The zero-order valence-electron chi connectivity index (χ0n) is 19.4. The van der Waals surface area contributed by atoms with Gasteiger partial charge in [-0.1, -0.05) is 12.1 Å². The molecule has 0 saturated carbocycles. The van der Waals surface area contributed by atoms with Gasteiger partial charge in [-0.15, -0.1) is 0 Å². The smallest absolute Gasteiger partial charge is 0.251 e. The second kappa shape index (κ2) is 10.5. The molecule has 1 aliphatic heterocycles. The molecule has 1 unspecified atom stereocenters. The summed E-state index contributed by atoms with van der Waals surface area (Å²) in [6, 6.07) is 15.3. The number of aryl methyl sites for hydroxylation is 1. The predicted molar refractivity (Wildman–Crippen MR) is 128 cm³/mol. The molecule has 1 aromatic heterocycles. The van der Waals surface area contributed by atoms with Crippen LogP contribution in [0.5, 0.6) is 5.75 Å². The molecule has 1 aliphatic rings. The summed E-state index contributed by atoms with van der Waals surface area (Å²) in [6.45, 7) is 3.80. The highest BCUT2D eigenvalue weighted by Gasteiger charge is 2.24. The van der Waals surface area contributed by atoms with Crippen LogP contribution >= 0.6 is 0 Å². The number of amides is 2.